The summed E-state index contributed by atoms with van der Waals surface area (Å²) in [7, 11) is 1.72. The molecule has 0 saturated carbocycles. The first kappa shape index (κ1) is 22.9. The number of pyridine rings is 1. The maximum absolute atomic E-state index is 12.5. The van der Waals surface area contributed by atoms with Gasteiger partial charge in [0.25, 0.3) is 0 Å². The van der Waals surface area contributed by atoms with Crippen LogP contribution in [-0.4, -0.2) is 85.2 Å². The summed E-state index contributed by atoms with van der Waals surface area (Å²) in [5.74, 6) is 0.307. The number of carbonyl (C=O) groups excluding carboxylic acids is 1. The van der Waals surface area contributed by atoms with Crippen LogP contribution in [0.25, 0.3) is 0 Å². The molecule has 162 valence electrons. The third-order valence-corrected chi connectivity index (χ3v) is 4.59. The molecule has 2 heterocycles. The van der Waals surface area contributed by atoms with Gasteiger partial charge < -0.3 is 15.5 Å². The smallest absolute Gasteiger partial charge is 0.357 e. The van der Waals surface area contributed by atoms with Crippen molar-refractivity contribution in [1.29, 1.82) is 0 Å². The average Bonchev–Trinajstić information content (AvgIpc) is 3.09. The van der Waals surface area contributed by atoms with E-state index in [9.17, 15) is 18.0 Å². The Labute approximate surface area is 169 Å². The molecule has 10 heteroatoms. The van der Waals surface area contributed by atoms with Crippen LogP contribution in [0.15, 0.2) is 29.4 Å². The Hall–Kier alpha value is -2.36. The van der Waals surface area contributed by atoms with Crippen molar-refractivity contribution in [2.75, 3.05) is 46.3 Å². The molecule has 1 unspecified atom stereocenters. The topological polar surface area (TPSA) is 72.9 Å². The monoisotopic (exact) mass is 414 g/mol. The minimum Gasteiger partial charge on any atom is -0.357 e. The highest BCUT2D eigenvalue weighted by Crippen LogP contribution is 2.19. The van der Waals surface area contributed by atoms with Crippen LogP contribution in [0.4, 0.5) is 13.2 Å². The van der Waals surface area contributed by atoms with E-state index in [1.807, 2.05) is 25.1 Å². The van der Waals surface area contributed by atoms with E-state index >= 15 is 0 Å². The Kier molecular flexibility index (Phi) is 8.69. The van der Waals surface area contributed by atoms with Gasteiger partial charge in [0.2, 0.25) is 5.91 Å². The number of aromatic nitrogens is 1. The van der Waals surface area contributed by atoms with Crippen LogP contribution in [0.3, 0.4) is 0 Å². The molecule has 0 aromatic carbocycles. The van der Waals surface area contributed by atoms with E-state index in [1.54, 1.807) is 18.1 Å². The molecule has 1 aliphatic rings. The van der Waals surface area contributed by atoms with Gasteiger partial charge in [-0.25, -0.2) is 4.99 Å². The van der Waals surface area contributed by atoms with Crippen molar-refractivity contribution < 1.29 is 18.0 Å². The fraction of sp³-hybridized carbons (Fsp3) is 0.632. The molecule has 1 fully saturated rings. The summed E-state index contributed by atoms with van der Waals surface area (Å²) in [5.41, 5.74) is 0.912. The van der Waals surface area contributed by atoms with Crippen molar-refractivity contribution in [2.24, 2.45) is 4.99 Å². The van der Waals surface area contributed by atoms with Crippen LogP contribution in [0, 0.1) is 0 Å². The van der Waals surface area contributed by atoms with Gasteiger partial charge in [0, 0.05) is 57.6 Å². The summed E-state index contributed by atoms with van der Waals surface area (Å²) >= 11 is 0. The Balaban J connectivity index is 1.81. The molecule has 0 bridgehead atoms. The molecule has 1 aromatic heterocycles. The standard InChI is InChI=1S/C19H29F3N6O/c1-3-23-18(26-16-8-11-28(13-16)14-19(20,21)22)25-12-17(29)27(2)10-7-15-6-4-5-9-24-15/h4-6,9,16H,3,7-8,10-14H2,1-2H3,(H2,23,25,26). The lowest BCUT2D eigenvalue weighted by molar-refractivity contribution is -0.143. The summed E-state index contributed by atoms with van der Waals surface area (Å²) in [6.45, 7) is 2.75. The number of guanidine groups is 1. The van der Waals surface area contributed by atoms with Gasteiger partial charge >= 0.3 is 6.18 Å². The van der Waals surface area contributed by atoms with E-state index in [1.165, 1.54) is 4.90 Å². The Morgan fingerprint density at radius 2 is 2.21 bits per heavy atom. The van der Waals surface area contributed by atoms with E-state index in [2.05, 4.69) is 20.6 Å². The van der Waals surface area contributed by atoms with Gasteiger partial charge in [-0.1, -0.05) is 6.07 Å². The zero-order chi connectivity index (χ0) is 21.3. The van der Waals surface area contributed by atoms with Gasteiger partial charge in [-0.2, -0.15) is 13.2 Å². The van der Waals surface area contributed by atoms with Crippen molar-refractivity contribution in [3.05, 3.63) is 30.1 Å². The molecule has 0 aliphatic carbocycles. The number of aliphatic imine (C=N–C) groups is 1. The quantitative estimate of drug-likeness (QED) is 0.495. The first-order valence-corrected chi connectivity index (χ1v) is 9.74. The molecular weight excluding hydrogens is 385 g/mol. The number of hydrogen-bond donors (Lipinski definition) is 2. The van der Waals surface area contributed by atoms with Crippen molar-refractivity contribution in [3.8, 4) is 0 Å². The lowest BCUT2D eigenvalue weighted by Crippen LogP contribution is -2.45. The Bertz CT molecular complexity index is 668. The maximum atomic E-state index is 12.5. The highest BCUT2D eigenvalue weighted by Gasteiger charge is 2.34. The highest BCUT2D eigenvalue weighted by atomic mass is 19.4. The van der Waals surface area contributed by atoms with E-state index in [-0.39, 0.29) is 18.5 Å². The lowest BCUT2D eigenvalue weighted by atomic mass is 10.2. The minimum atomic E-state index is -4.19. The molecule has 29 heavy (non-hydrogen) atoms. The third kappa shape index (κ3) is 8.68. The zero-order valence-electron chi connectivity index (χ0n) is 16.9. The second-order valence-electron chi connectivity index (χ2n) is 7.06. The third-order valence-electron chi connectivity index (χ3n) is 4.59. The van der Waals surface area contributed by atoms with Gasteiger partial charge in [0.15, 0.2) is 5.96 Å². The number of rotatable bonds is 8. The molecule has 2 N–H and O–H groups in total. The number of halogens is 3. The largest absolute Gasteiger partial charge is 0.401 e. The fourth-order valence-electron chi connectivity index (χ4n) is 3.08. The Morgan fingerprint density at radius 3 is 2.86 bits per heavy atom. The molecule has 0 spiro atoms. The van der Waals surface area contributed by atoms with Crippen LogP contribution >= 0.6 is 0 Å². The zero-order valence-corrected chi connectivity index (χ0v) is 16.9. The molecule has 1 atom stereocenters. The second-order valence-corrected chi connectivity index (χ2v) is 7.06. The summed E-state index contributed by atoms with van der Waals surface area (Å²) in [5, 5.41) is 6.18. The van der Waals surface area contributed by atoms with Crippen molar-refractivity contribution >= 4 is 11.9 Å². The van der Waals surface area contributed by atoms with E-state index in [0.717, 1.165) is 5.69 Å². The molecule has 7 nitrogen and oxygen atoms in total. The number of hydrogen-bond acceptors (Lipinski definition) is 4. The molecule has 1 amide bonds. The van der Waals surface area contributed by atoms with Crippen LogP contribution in [0.1, 0.15) is 19.0 Å². The Morgan fingerprint density at radius 1 is 1.41 bits per heavy atom. The summed E-state index contributed by atoms with van der Waals surface area (Å²) in [6.07, 6.45) is -1.23. The summed E-state index contributed by atoms with van der Waals surface area (Å²) < 4.78 is 37.6. The van der Waals surface area contributed by atoms with Crippen molar-refractivity contribution in [2.45, 2.75) is 32.0 Å². The van der Waals surface area contributed by atoms with Crippen LogP contribution < -0.4 is 10.6 Å². The van der Waals surface area contributed by atoms with Gasteiger partial charge in [-0.15, -0.1) is 0 Å². The van der Waals surface area contributed by atoms with Crippen molar-refractivity contribution in [3.63, 3.8) is 0 Å². The van der Waals surface area contributed by atoms with E-state index < -0.39 is 12.7 Å². The van der Waals surface area contributed by atoms with Crippen molar-refractivity contribution in [1.82, 2.24) is 25.4 Å². The number of carbonyl (C=O) groups is 1. The van der Waals surface area contributed by atoms with Crippen LogP contribution in [-0.2, 0) is 11.2 Å². The normalized spacial score (nSPS) is 18.0. The molecule has 0 radical (unpaired) electrons. The predicted octanol–water partition coefficient (Wildman–Crippen LogP) is 1.27. The number of amides is 1. The van der Waals surface area contributed by atoms with Crippen LogP contribution in [0.2, 0.25) is 0 Å². The van der Waals surface area contributed by atoms with Gasteiger partial charge in [0.1, 0.15) is 6.54 Å². The average molecular weight is 414 g/mol. The minimum absolute atomic E-state index is 0.0347. The first-order valence-electron chi connectivity index (χ1n) is 9.74. The molecule has 1 aliphatic heterocycles. The summed E-state index contributed by atoms with van der Waals surface area (Å²) in [6, 6.07) is 5.52. The fourth-order valence-corrected chi connectivity index (χ4v) is 3.08. The molecule has 1 aromatic rings. The van der Waals surface area contributed by atoms with E-state index in [4.69, 9.17) is 0 Å². The number of likely N-dealkylation sites (N-methyl/N-ethyl adjacent to an activating group) is 1. The first-order chi connectivity index (χ1) is 13.8. The van der Waals surface area contributed by atoms with Gasteiger partial charge in [-0.3, -0.25) is 14.7 Å². The van der Waals surface area contributed by atoms with E-state index in [0.29, 0.717) is 45.0 Å². The number of nitrogens with one attached hydrogen (secondary N) is 2. The van der Waals surface area contributed by atoms with Gasteiger partial charge in [-0.05, 0) is 25.5 Å². The molecule has 1 saturated heterocycles. The number of likely N-dealkylation sites (tertiary alicyclic amines) is 1. The number of nitrogens with zero attached hydrogens (tertiary/aromatic N) is 4. The lowest BCUT2D eigenvalue weighted by Gasteiger charge is -2.20. The second kappa shape index (κ2) is 11.0. The highest BCUT2D eigenvalue weighted by molar-refractivity contribution is 5.85. The predicted molar refractivity (Wildman–Crippen MR) is 106 cm³/mol. The van der Waals surface area contributed by atoms with Crippen LogP contribution in [0.5, 0.6) is 0 Å². The summed E-state index contributed by atoms with van der Waals surface area (Å²) in [4.78, 5) is 23.8. The maximum Gasteiger partial charge on any atom is 0.401 e. The SMILES string of the molecule is CCNC(=NCC(=O)N(C)CCc1ccccn1)NC1CCN(CC(F)(F)F)C1. The molecule has 2 rings (SSSR count). The molecular formula is C19H29F3N6O. The van der Waals surface area contributed by atoms with Gasteiger partial charge in [0.05, 0.1) is 6.54 Å². The number of alkyl halides is 3.